The first-order valence-electron chi connectivity index (χ1n) is 8.17. The highest BCUT2D eigenvalue weighted by Gasteiger charge is 2.32. The summed E-state index contributed by atoms with van der Waals surface area (Å²) in [5.74, 6) is -0.421. The van der Waals surface area contributed by atoms with Crippen LogP contribution in [0.15, 0.2) is 5.38 Å². The van der Waals surface area contributed by atoms with E-state index in [4.69, 9.17) is 10.5 Å². The lowest BCUT2D eigenvalue weighted by Gasteiger charge is -2.35. The molecule has 1 aliphatic rings. The Bertz CT molecular complexity index is 538. The van der Waals surface area contributed by atoms with Crippen molar-refractivity contribution < 1.29 is 14.3 Å². The minimum Gasteiger partial charge on any atom is -0.461 e. The molecule has 1 saturated carbocycles. The van der Waals surface area contributed by atoms with Gasteiger partial charge in [0, 0.05) is 11.8 Å². The number of ether oxygens (including phenoxy) is 1. The van der Waals surface area contributed by atoms with Gasteiger partial charge in [-0.25, -0.2) is 9.78 Å². The normalized spacial score (nSPS) is 16.8. The molecule has 1 amide bonds. The second-order valence-corrected chi connectivity index (χ2v) is 7.01. The summed E-state index contributed by atoms with van der Waals surface area (Å²) in [6.07, 6.45) is 6.07. The van der Waals surface area contributed by atoms with Crippen LogP contribution in [0.5, 0.6) is 0 Å². The number of carbonyl (C=O) groups excluding carboxylic acids is 2. The molecule has 0 radical (unpaired) electrons. The van der Waals surface area contributed by atoms with Crippen molar-refractivity contribution in [1.29, 1.82) is 0 Å². The molecule has 1 aliphatic carbocycles. The topological polar surface area (TPSA) is 94.3 Å². The summed E-state index contributed by atoms with van der Waals surface area (Å²) in [7, 11) is 0. The number of hydrogen-bond acceptors (Lipinski definition) is 6. The van der Waals surface area contributed by atoms with Gasteiger partial charge in [0.25, 0.3) is 0 Å². The van der Waals surface area contributed by atoms with Crippen LogP contribution in [0.2, 0.25) is 0 Å². The van der Waals surface area contributed by atoms with Crippen LogP contribution >= 0.6 is 11.3 Å². The molecule has 0 aliphatic heterocycles. The Balaban J connectivity index is 1.83. The summed E-state index contributed by atoms with van der Waals surface area (Å²) in [5.41, 5.74) is 6.17. The summed E-state index contributed by atoms with van der Waals surface area (Å²) in [6, 6.07) is 0. The zero-order valence-corrected chi connectivity index (χ0v) is 14.4. The zero-order valence-electron chi connectivity index (χ0n) is 13.6. The summed E-state index contributed by atoms with van der Waals surface area (Å²) in [5, 5.41) is 5.25. The molecule has 7 heteroatoms. The Morgan fingerprint density at radius 3 is 2.78 bits per heavy atom. The first-order chi connectivity index (χ1) is 11.1. The third-order valence-electron chi connectivity index (χ3n) is 4.36. The smallest absolute Gasteiger partial charge is 0.357 e. The van der Waals surface area contributed by atoms with Crippen LogP contribution in [0.1, 0.15) is 60.9 Å². The molecule has 6 nitrogen and oxygen atoms in total. The van der Waals surface area contributed by atoms with Gasteiger partial charge in [0.2, 0.25) is 5.91 Å². The quantitative estimate of drug-likeness (QED) is 0.743. The minimum absolute atomic E-state index is 0.00485. The maximum Gasteiger partial charge on any atom is 0.357 e. The molecule has 128 valence electrons. The van der Waals surface area contributed by atoms with E-state index in [1.807, 2.05) is 0 Å². The number of rotatable bonds is 7. The number of aromatic nitrogens is 1. The minimum atomic E-state index is -0.425. The van der Waals surface area contributed by atoms with Crippen LogP contribution in [-0.2, 0) is 16.1 Å². The Morgan fingerprint density at radius 1 is 1.39 bits per heavy atom. The second-order valence-electron chi connectivity index (χ2n) is 6.07. The largest absolute Gasteiger partial charge is 0.461 e. The van der Waals surface area contributed by atoms with Crippen LogP contribution in [0.25, 0.3) is 0 Å². The summed E-state index contributed by atoms with van der Waals surface area (Å²) in [4.78, 5) is 28.0. The number of hydrogen-bond donors (Lipinski definition) is 2. The fourth-order valence-electron chi connectivity index (χ4n) is 3.02. The number of thiazole rings is 1. The van der Waals surface area contributed by atoms with E-state index >= 15 is 0 Å². The van der Waals surface area contributed by atoms with Gasteiger partial charge in [-0.3, -0.25) is 4.79 Å². The van der Waals surface area contributed by atoms with E-state index in [-0.39, 0.29) is 11.3 Å². The molecule has 0 saturated heterocycles. The standard InChI is InChI=1S/C16H25N3O3S/c1-2-22-15(21)12-10-23-14(19-12)9-18-13(20)8-16(11-17)6-4-3-5-7-16/h10H,2-9,11,17H2,1H3,(H,18,20). The lowest BCUT2D eigenvalue weighted by molar-refractivity contribution is -0.124. The molecule has 1 fully saturated rings. The van der Waals surface area contributed by atoms with Crippen LogP contribution in [0.4, 0.5) is 0 Å². The Hall–Kier alpha value is -1.47. The number of nitrogens with one attached hydrogen (secondary N) is 1. The van der Waals surface area contributed by atoms with Gasteiger partial charge in [-0.2, -0.15) is 0 Å². The van der Waals surface area contributed by atoms with E-state index in [2.05, 4.69) is 10.3 Å². The maximum absolute atomic E-state index is 12.2. The van der Waals surface area contributed by atoms with Crippen LogP contribution in [-0.4, -0.2) is 30.0 Å². The Labute approximate surface area is 140 Å². The molecule has 0 aromatic carbocycles. The summed E-state index contributed by atoms with van der Waals surface area (Å²) in [6.45, 7) is 2.97. The number of esters is 1. The Morgan fingerprint density at radius 2 is 2.13 bits per heavy atom. The van der Waals surface area contributed by atoms with E-state index < -0.39 is 5.97 Å². The lowest BCUT2D eigenvalue weighted by Crippen LogP contribution is -2.38. The predicted octanol–water partition coefficient (Wildman–Crippen LogP) is 2.24. The summed E-state index contributed by atoms with van der Waals surface area (Å²) >= 11 is 1.35. The Kier molecular flexibility index (Phi) is 6.53. The lowest BCUT2D eigenvalue weighted by atomic mass is 9.72. The van der Waals surface area contributed by atoms with Crippen molar-refractivity contribution in [2.24, 2.45) is 11.1 Å². The van der Waals surface area contributed by atoms with Gasteiger partial charge in [0.15, 0.2) is 5.69 Å². The van der Waals surface area contributed by atoms with Gasteiger partial charge in [0.1, 0.15) is 5.01 Å². The van der Waals surface area contributed by atoms with Crippen molar-refractivity contribution in [3.63, 3.8) is 0 Å². The number of nitrogens with two attached hydrogens (primary N) is 1. The van der Waals surface area contributed by atoms with Crippen molar-refractivity contribution in [3.05, 3.63) is 16.1 Å². The van der Waals surface area contributed by atoms with Crippen LogP contribution < -0.4 is 11.1 Å². The SMILES string of the molecule is CCOC(=O)c1csc(CNC(=O)CC2(CN)CCCCC2)n1. The molecule has 1 aromatic rings. The highest BCUT2D eigenvalue weighted by molar-refractivity contribution is 7.09. The van der Waals surface area contributed by atoms with Crippen LogP contribution in [0, 0.1) is 5.41 Å². The molecule has 0 spiro atoms. The van der Waals surface area contributed by atoms with E-state index in [9.17, 15) is 9.59 Å². The van der Waals surface area contributed by atoms with Crippen LogP contribution in [0.3, 0.4) is 0 Å². The highest BCUT2D eigenvalue weighted by Crippen LogP contribution is 2.38. The molecule has 3 N–H and O–H groups in total. The fraction of sp³-hybridized carbons (Fsp3) is 0.688. The van der Waals surface area contributed by atoms with Crippen molar-refractivity contribution >= 4 is 23.2 Å². The monoisotopic (exact) mass is 339 g/mol. The highest BCUT2D eigenvalue weighted by atomic mass is 32.1. The van der Waals surface area contributed by atoms with E-state index in [0.717, 1.165) is 25.7 Å². The molecular weight excluding hydrogens is 314 g/mol. The molecule has 2 rings (SSSR count). The van der Waals surface area contributed by atoms with E-state index in [1.54, 1.807) is 12.3 Å². The second kappa shape index (κ2) is 8.40. The first-order valence-corrected chi connectivity index (χ1v) is 9.05. The fourth-order valence-corrected chi connectivity index (χ4v) is 3.73. The summed E-state index contributed by atoms with van der Waals surface area (Å²) < 4.78 is 4.90. The van der Waals surface area contributed by atoms with Gasteiger partial charge >= 0.3 is 5.97 Å². The maximum atomic E-state index is 12.2. The van der Waals surface area contributed by atoms with Gasteiger partial charge in [-0.05, 0) is 31.7 Å². The molecule has 0 atom stereocenters. The molecule has 1 heterocycles. The van der Waals surface area contributed by atoms with Gasteiger partial charge in [0.05, 0.1) is 13.2 Å². The van der Waals surface area contributed by atoms with Gasteiger partial charge in [-0.1, -0.05) is 19.3 Å². The van der Waals surface area contributed by atoms with Gasteiger partial charge in [-0.15, -0.1) is 11.3 Å². The molecule has 1 aromatic heterocycles. The molecular formula is C16H25N3O3S. The van der Waals surface area contributed by atoms with Crippen molar-refractivity contribution in [1.82, 2.24) is 10.3 Å². The van der Waals surface area contributed by atoms with E-state index in [1.165, 1.54) is 17.8 Å². The third-order valence-corrected chi connectivity index (χ3v) is 5.20. The molecule has 0 bridgehead atoms. The van der Waals surface area contributed by atoms with Crippen molar-refractivity contribution in [2.45, 2.75) is 52.0 Å². The van der Waals surface area contributed by atoms with E-state index in [0.29, 0.717) is 36.8 Å². The van der Waals surface area contributed by atoms with Crippen molar-refractivity contribution in [3.8, 4) is 0 Å². The first kappa shape index (κ1) is 17.9. The average Bonchev–Trinajstić information content (AvgIpc) is 3.03. The number of amides is 1. The van der Waals surface area contributed by atoms with Gasteiger partial charge < -0.3 is 15.8 Å². The van der Waals surface area contributed by atoms with Crippen molar-refractivity contribution in [2.75, 3.05) is 13.2 Å². The zero-order chi connectivity index (χ0) is 16.7. The molecule has 23 heavy (non-hydrogen) atoms. The predicted molar refractivity (Wildman–Crippen MR) is 89.1 cm³/mol. The molecule has 0 unspecified atom stereocenters. The number of nitrogens with zero attached hydrogens (tertiary/aromatic N) is 1. The third kappa shape index (κ3) is 5.00. The average molecular weight is 339 g/mol. The number of carbonyl (C=O) groups is 2.